The van der Waals surface area contributed by atoms with E-state index in [0.29, 0.717) is 29.7 Å². The summed E-state index contributed by atoms with van der Waals surface area (Å²) in [6.45, 7) is 6.90. The minimum Gasteiger partial charge on any atom is -0.383 e. The number of carbonyl (C=O) groups excluding carboxylic acids is 2. The van der Waals surface area contributed by atoms with Gasteiger partial charge in [0.25, 0.3) is 0 Å². The standard InChI is InChI=1S/C22H29ClN4O3/c1-22(2,3)18-13-19(27(25-18)17-8-6-5-7-16(17)23)24-20(28)14-26(11-12-30-4)21(29)15-9-10-15/h5-8,13,15H,9-12,14H2,1-4H3,(H,24,28). The van der Waals surface area contributed by atoms with Gasteiger partial charge in [-0.25, -0.2) is 4.68 Å². The third kappa shape index (κ3) is 5.40. The van der Waals surface area contributed by atoms with Gasteiger partial charge in [-0.2, -0.15) is 5.10 Å². The fraction of sp³-hybridized carbons (Fsp3) is 0.500. The van der Waals surface area contributed by atoms with E-state index in [1.165, 1.54) is 0 Å². The summed E-state index contributed by atoms with van der Waals surface area (Å²) in [6, 6.07) is 9.19. The molecule has 30 heavy (non-hydrogen) atoms. The molecular weight excluding hydrogens is 404 g/mol. The molecule has 0 radical (unpaired) electrons. The molecule has 0 unspecified atom stereocenters. The normalized spacial score (nSPS) is 13.9. The summed E-state index contributed by atoms with van der Waals surface area (Å²) in [5.41, 5.74) is 1.29. The molecule has 0 atom stereocenters. The van der Waals surface area contributed by atoms with Crippen LogP contribution in [0.1, 0.15) is 39.3 Å². The molecular formula is C22H29ClN4O3. The summed E-state index contributed by atoms with van der Waals surface area (Å²) in [5.74, 6) is 0.283. The molecule has 2 amide bonds. The predicted octanol–water partition coefficient (Wildman–Crippen LogP) is 3.65. The zero-order valence-corrected chi connectivity index (χ0v) is 18.7. The molecule has 1 aromatic heterocycles. The Morgan fingerprint density at radius 3 is 2.60 bits per heavy atom. The lowest BCUT2D eigenvalue weighted by Crippen LogP contribution is -2.41. The number of carbonyl (C=O) groups is 2. The Morgan fingerprint density at radius 2 is 2.00 bits per heavy atom. The zero-order chi connectivity index (χ0) is 21.9. The number of halogens is 1. The van der Waals surface area contributed by atoms with Crippen LogP contribution in [0.15, 0.2) is 30.3 Å². The fourth-order valence-corrected chi connectivity index (χ4v) is 3.27. The molecule has 1 aliphatic rings. The highest BCUT2D eigenvalue weighted by Crippen LogP contribution is 2.31. The summed E-state index contributed by atoms with van der Waals surface area (Å²) >= 11 is 6.38. The Bertz CT molecular complexity index is 915. The number of ether oxygens (including phenoxy) is 1. The van der Waals surface area contributed by atoms with Crippen LogP contribution < -0.4 is 5.32 Å². The van der Waals surface area contributed by atoms with Crippen LogP contribution in [0.5, 0.6) is 0 Å². The quantitative estimate of drug-likeness (QED) is 0.690. The number of hydrogen-bond donors (Lipinski definition) is 1. The van der Waals surface area contributed by atoms with Crippen molar-refractivity contribution in [2.75, 3.05) is 32.1 Å². The highest BCUT2D eigenvalue weighted by molar-refractivity contribution is 6.32. The maximum Gasteiger partial charge on any atom is 0.245 e. The van der Waals surface area contributed by atoms with E-state index in [0.717, 1.165) is 18.5 Å². The van der Waals surface area contributed by atoms with Crippen molar-refractivity contribution in [2.45, 2.75) is 39.0 Å². The Balaban J connectivity index is 1.83. The minimum absolute atomic E-state index is 0.0113. The number of nitrogens with zero attached hydrogens (tertiary/aromatic N) is 3. The van der Waals surface area contributed by atoms with E-state index in [9.17, 15) is 9.59 Å². The van der Waals surface area contributed by atoms with Crippen LogP contribution in [-0.4, -0.2) is 53.3 Å². The van der Waals surface area contributed by atoms with E-state index in [1.54, 1.807) is 22.8 Å². The summed E-state index contributed by atoms with van der Waals surface area (Å²) in [4.78, 5) is 26.9. The van der Waals surface area contributed by atoms with Crippen molar-refractivity contribution in [3.63, 3.8) is 0 Å². The average molecular weight is 433 g/mol. The van der Waals surface area contributed by atoms with Gasteiger partial charge in [-0.1, -0.05) is 44.5 Å². The van der Waals surface area contributed by atoms with Crippen LogP contribution in [0.3, 0.4) is 0 Å². The van der Waals surface area contributed by atoms with Crippen LogP contribution in [-0.2, 0) is 19.7 Å². The molecule has 0 spiro atoms. The van der Waals surface area contributed by atoms with Gasteiger partial charge in [0.15, 0.2) is 0 Å². The van der Waals surface area contributed by atoms with Crippen LogP contribution >= 0.6 is 11.6 Å². The molecule has 1 heterocycles. The lowest BCUT2D eigenvalue weighted by molar-refractivity contribution is -0.136. The van der Waals surface area contributed by atoms with Gasteiger partial charge in [-0.05, 0) is 25.0 Å². The number of hydrogen-bond acceptors (Lipinski definition) is 4. The molecule has 1 N–H and O–H groups in total. The van der Waals surface area contributed by atoms with Gasteiger partial charge >= 0.3 is 0 Å². The van der Waals surface area contributed by atoms with E-state index in [4.69, 9.17) is 16.3 Å². The van der Waals surface area contributed by atoms with Gasteiger partial charge < -0.3 is 15.0 Å². The maximum atomic E-state index is 12.8. The molecule has 1 fully saturated rings. The lowest BCUT2D eigenvalue weighted by Gasteiger charge is -2.22. The van der Waals surface area contributed by atoms with Crippen LogP contribution in [0.25, 0.3) is 5.69 Å². The molecule has 1 saturated carbocycles. The number of para-hydroxylation sites is 1. The Morgan fingerprint density at radius 1 is 1.30 bits per heavy atom. The smallest absolute Gasteiger partial charge is 0.245 e. The number of rotatable bonds is 8. The van der Waals surface area contributed by atoms with Gasteiger partial charge in [0.05, 0.1) is 29.6 Å². The molecule has 0 saturated heterocycles. The lowest BCUT2D eigenvalue weighted by atomic mass is 9.92. The first kappa shape index (κ1) is 22.3. The molecule has 8 heteroatoms. The number of anilines is 1. The van der Waals surface area contributed by atoms with Gasteiger partial charge in [-0.3, -0.25) is 9.59 Å². The van der Waals surface area contributed by atoms with Crippen LogP contribution in [0, 0.1) is 5.92 Å². The Labute approximate surface area is 182 Å². The summed E-state index contributed by atoms with van der Waals surface area (Å²) in [5, 5.41) is 8.13. The molecule has 1 aliphatic carbocycles. The van der Waals surface area contributed by atoms with E-state index in [2.05, 4.69) is 31.2 Å². The second kappa shape index (κ2) is 9.18. The van der Waals surface area contributed by atoms with Crippen molar-refractivity contribution in [1.82, 2.24) is 14.7 Å². The minimum atomic E-state index is -0.284. The van der Waals surface area contributed by atoms with Crippen LogP contribution in [0.2, 0.25) is 5.02 Å². The van der Waals surface area contributed by atoms with Gasteiger partial charge in [0.1, 0.15) is 5.82 Å². The maximum absolute atomic E-state index is 12.8. The number of nitrogens with one attached hydrogen (secondary N) is 1. The number of methoxy groups -OCH3 is 1. The Kier molecular flexibility index (Phi) is 6.83. The van der Waals surface area contributed by atoms with Crippen molar-refractivity contribution in [3.05, 3.63) is 41.0 Å². The highest BCUT2D eigenvalue weighted by atomic mass is 35.5. The number of aromatic nitrogens is 2. The second-order valence-electron chi connectivity index (χ2n) is 8.60. The molecule has 162 valence electrons. The summed E-state index contributed by atoms with van der Waals surface area (Å²) in [7, 11) is 1.58. The van der Waals surface area contributed by atoms with E-state index < -0.39 is 0 Å². The summed E-state index contributed by atoms with van der Waals surface area (Å²) < 4.78 is 6.74. The van der Waals surface area contributed by atoms with Crippen molar-refractivity contribution >= 4 is 29.2 Å². The SMILES string of the molecule is COCCN(CC(=O)Nc1cc(C(C)(C)C)nn1-c1ccccc1Cl)C(=O)C1CC1. The van der Waals surface area contributed by atoms with E-state index >= 15 is 0 Å². The molecule has 2 aromatic rings. The fourth-order valence-electron chi connectivity index (χ4n) is 3.06. The summed E-state index contributed by atoms with van der Waals surface area (Å²) in [6.07, 6.45) is 1.77. The second-order valence-corrected chi connectivity index (χ2v) is 9.01. The molecule has 0 bridgehead atoms. The molecule has 7 nitrogen and oxygen atoms in total. The number of benzene rings is 1. The van der Waals surface area contributed by atoms with Crippen LogP contribution in [0.4, 0.5) is 5.82 Å². The van der Waals surface area contributed by atoms with Gasteiger partial charge in [0, 0.05) is 31.1 Å². The number of amides is 2. The Hall–Kier alpha value is -2.38. The monoisotopic (exact) mass is 432 g/mol. The van der Waals surface area contributed by atoms with Gasteiger partial charge in [0.2, 0.25) is 11.8 Å². The van der Waals surface area contributed by atoms with Crippen molar-refractivity contribution in [2.24, 2.45) is 5.92 Å². The first-order valence-electron chi connectivity index (χ1n) is 10.1. The first-order valence-corrected chi connectivity index (χ1v) is 10.5. The van der Waals surface area contributed by atoms with Crippen molar-refractivity contribution in [1.29, 1.82) is 0 Å². The van der Waals surface area contributed by atoms with Crippen molar-refractivity contribution in [3.8, 4) is 5.69 Å². The average Bonchev–Trinajstić information content (AvgIpc) is 3.45. The third-order valence-corrected chi connectivity index (χ3v) is 5.28. The zero-order valence-electron chi connectivity index (χ0n) is 17.9. The van der Waals surface area contributed by atoms with Gasteiger partial charge in [-0.15, -0.1) is 0 Å². The largest absolute Gasteiger partial charge is 0.383 e. The molecule has 1 aromatic carbocycles. The third-order valence-electron chi connectivity index (χ3n) is 4.96. The predicted molar refractivity (Wildman–Crippen MR) is 117 cm³/mol. The first-order chi connectivity index (χ1) is 14.2. The topological polar surface area (TPSA) is 76.5 Å². The van der Waals surface area contributed by atoms with E-state index in [-0.39, 0.29) is 29.7 Å². The van der Waals surface area contributed by atoms with E-state index in [1.807, 2.05) is 24.3 Å². The highest BCUT2D eigenvalue weighted by Gasteiger charge is 2.34. The molecule has 3 rings (SSSR count). The molecule has 0 aliphatic heterocycles. The van der Waals surface area contributed by atoms with Crippen molar-refractivity contribution < 1.29 is 14.3 Å².